The van der Waals surface area contributed by atoms with Crippen LogP contribution in [-0.2, 0) is 11.3 Å². The van der Waals surface area contributed by atoms with Gasteiger partial charge in [0.1, 0.15) is 5.54 Å². The van der Waals surface area contributed by atoms with E-state index in [-0.39, 0.29) is 0 Å². The molecule has 1 aromatic heterocycles. The second-order valence-electron chi connectivity index (χ2n) is 5.08. The molecule has 104 valence electrons. The first-order valence-corrected chi connectivity index (χ1v) is 6.68. The highest BCUT2D eigenvalue weighted by molar-refractivity contribution is 5.79. The fourth-order valence-electron chi connectivity index (χ4n) is 2.37. The monoisotopic (exact) mass is 272 g/mol. The minimum atomic E-state index is -0.793. The smallest absolute Gasteiger partial charge is 0.323 e. The van der Waals surface area contributed by atoms with Crippen molar-refractivity contribution in [3.8, 4) is 11.3 Å². The van der Waals surface area contributed by atoms with Crippen molar-refractivity contribution in [3.63, 3.8) is 0 Å². The number of rotatable bonds is 5. The van der Waals surface area contributed by atoms with Gasteiger partial charge in [-0.15, -0.1) is 0 Å². The van der Waals surface area contributed by atoms with E-state index in [9.17, 15) is 9.90 Å². The molecule has 0 amide bonds. The molecule has 0 bridgehead atoms. The van der Waals surface area contributed by atoms with Gasteiger partial charge in [-0.25, -0.2) is 4.98 Å². The molecule has 2 aromatic rings. The minimum absolute atomic E-state index is 0.332. The Morgan fingerprint density at radius 1 is 1.35 bits per heavy atom. The second-order valence-corrected chi connectivity index (χ2v) is 5.08. The summed E-state index contributed by atoms with van der Waals surface area (Å²) < 4.78 is 5.65. The Hall–Kier alpha value is -2.14. The number of aliphatic carboxylic acids is 1. The first-order valence-electron chi connectivity index (χ1n) is 6.68. The maximum atomic E-state index is 11.2. The van der Waals surface area contributed by atoms with Gasteiger partial charge in [-0.2, -0.15) is 0 Å². The summed E-state index contributed by atoms with van der Waals surface area (Å²) in [6.07, 6.45) is 3.93. The minimum Gasteiger partial charge on any atom is -0.480 e. The number of benzene rings is 1. The predicted octanol–water partition coefficient (Wildman–Crippen LogP) is 2.44. The van der Waals surface area contributed by atoms with Crippen LogP contribution >= 0.6 is 0 Å². The van der Waals surface area contributed by atoms with Crippen LogP contribution in [0.5, 0.6) is 0 Å². The molecule has 1 aliphatic carbocycles. The van der Waals surface area contributed by atoms with Crippen molar-refractivity contribution in [2.75, 3.05) is 0 Å². The molecule has 0 aliphatic heterocycles. The molecule has 5 nitrogen and oxygen atoms in total. The van der Waals surface area contributed by atoms with Crippen LogP contribution in [-0.4, -0.2) is 21.6 Å². The normalized spacial score (nSPS) is 16.6. The van der Waals surface area contributed by atoms with Crippen molar-refractivity contribution in [2.45, 2.75) is 31.3 Å². The van der Waals surface area contributed by atoms with Crippen LogP contribution in [0.2, 0.25) is 0 Å². The third kappa shape index (κ3) is 2.32. The molecule has 3 rings (SSSR count). The van der Waals surface area contributed by atoms with Gasteiger partial charge in [-0.3, -0.25) is 10.1 Å². The number of aromatic nitrogens is 1. The van der Waals surface area contributed by atoms with Gasteiger partial charge in [0.05, 0.1) is 12.7 Å². The quantitative estimate of drug-likeness (QED) is 0.874. The number of oxazole rings is 1. The van der Waals surface area contributed by atoms with Crippen LogP contribution in [0.1, 0.15) is 25.2 Å². The molecule has 0 saturated heterocycles. The number of carboxylic acids is 1. The largest absolute Gasteiger partial charge is 0.480 e. The van der Waals surface area contributed by atoms with Gasteiger partial charge >= 0.3 is 5.97 Å². The Kier molecular flexibility index (Phi) is 3.28. The van der Waals surface area contributed by atoms with Crippen LogP contribution < -0.4 is 5.32 Å². The molecule has 1 aromatic carbocycles. The van der Waals surface area contributed by atoms with E-state index in [1.165, 1.54) is 0 Å². The number of nitrogens with zero attached hydrogens (tertiary/aromatic N) is 1. The van der Waals surface area contributed by atoms with Gasteiger partial charge in [0, 0.05) is 5.56 Å². The van der Waals surface area contributed by atoms with Crippen molar-refractivity contribution in [3.05, 3.63) is 42.4 Å². The van der Waals surface area contributed by atoms with Gasteiger partial charge in [0.15, 0.2) is 5.76 Å². The zero-order valence-electron chi connectivity index (χ0n) is 11.0. The average Bonchev–Trinajstić information content (AvgIpc) is 2.87. The second kappa shape index (κ2) is 5.09. The van der Waals surface area contributed by atoms with Crippen LogP contribution in [0.3, 0.4) is 0 Å². The summed E-state index contributed by atoms with van der Waals surface area (Å²) in [6.45, 7) is 0.332. The molecule has 0 spiro atoms. The van der Waals surface area contributed by atoms with Gasteiger partial charge < -0.3 is 9.52 Å². The fraction of sp³-hybridized carbons (Fsp3) is 0.333. The predicted molar refractivity (Wildman–Crippen MR) is 73.0 cm³/mol. The first-order chi connectivity index (χ1) is 9.70. The van der Waals surface area contributed by atoms with Gasteiger partial charge in [0.25, 0.3) is 0 Å². The van der Waals surface area contributed by atoms with Crippen LogP contribution in [0.25, 0.3) is 11.3 Å². The molecule has 1 saturated carbocycles. The van der Waals surface area contributed by atoms with Crippen molar-refractivity contribution >= 4 is 5.97 Å². The van der Waals surface area contributed by atoms with Crippen LogP contribution in [0.15, 0.2) is 40.9 Å². The topological polar surface area (TPSA) is 75.4 Å². The Bertz CT molecular complexity index is 603. The highest BCUT2D eigenvalue weighted by Gasteiger charge is 2.44. The van der Waals surface area contributed by atoms with E-state index < -0.39 is 11.5 Å². The summed E-state index contributed by atoms with van der Waals surface area (Å²) in [4.78, 5) is 15.4. The molecule has 5 heteroatoms. The van der Waals surface area contributed by atoms with Crippen molar-refractivity contribution in [1.82, 2.24) is 10.3 Å². The van der Waals surface area contributed by atoms with Crippen molar-refractivity contribution in [2.24, 2.45) is 0 Å². The zero-order chi connectivity index (χ0) is 14.0. The molecule has 1 heterocycles. The molecule has 2 N–H and O–H groups in total. The van der Waals surface area contributed by atoms with Crippen molar-refractivity contribution in [1.29, 1.82) is 0 Å². The molecular formula is C15H16N2O3. The molecule has 1 aliphatic rings. The van der Waals surface area contributed by atoms with Gasteiger partial charge in [-0.1, -0.05) is 30.3 Å². The number of carboxylic acid groups (broad SMARTS) is 1. The van der Waals surface area contributed by atoms with E-state index in [1.807, 2.05) is 30.3 Å². The molecular weight excluding hydrogens is 256 g/mol. The highest BCUT2D eigenvalue weighted by atomic mass is 16.4. The van der Waals surface area contributed by atoms with Crippen LogP contribution in [0, 0.1) is 0 Å². The third-order valence-corrected chi connectivity index (χ3v) is 3.81. The molecule has 20 heavy (non-hydrogen) atoms. The molecule has 0 atom stereocenters. The lowest BCUT2D eigenvalue weighted by molar-refractivity contribution is -0.149. The summed E-state index contributed by atoms with van der Waals surface area (Å²) in [5, 5.41) is 12.3. The Labute approximate surface area is 116 Å². The molecule has 0 unspecified atom stereocenters. The van der Waals surface area contributed by atoms with Crippen LogP contribution in [0.4, 0.5) is 0 Å². The summed E-state index contributed by atoms with van der Waals surface area (Å²) >= 11 is 0. The standard InChI is InChI=1S/C15H16N2O3/c18-14(19)15(7-4-8-15)17-10-13-16-9-12(20-13)11-5-2-1-3-6-11/h1-3,5-6,9,17H,4,7-8,10H2,(H,18,19). The van der Waals surface area contributed by atoms with E-state index in [1.54, 1.807) is 6.20 Å². The summed E-state index contributed by atoms with van der Waals surface area (Å²) in [7, 11) is 0. The molecule has 0 radical (unpaired) electrons. The van der Waals surface area contributed by atoms with E-state index in [0.717, 1.165) is 12.0 Å². The van der Waals surface area contributed by atoms with Gasteiger partial charge in [0.2, 0.25) is 5.89 Å². The Balaban J connectivity index is 1.68. The Morgan fingerprint density at radius 3 is 2.70 bits per heavy atom. The van der Waals surface area contributed by atoms with E-state index in [2.05, 4.69) is 10.3 Å². The number of hydrogen-bond donors (Lipinski definition) is 2. The number of carbonyl (C=O) groups is 1. The third-order valence-electron chi connectivity index (χ3n) is 3.81. The lowest BCUT2D eigenvalue weighted by Gasteiger charge is -2.38. The summed E-state index contributed by atoms with van der Waals surface area (Å²) in [5.41, 5.74) is 0.171. The van der Waals surface area contributed by atoms with Gasteiger partial charge in [-0.05, 0) is 19.3 Å². The van der Waals surface area contributed by atoms with E-state index in [0.29, 0.717) is 31.0 Å². The van der Waals surface area contributed by atoms with E-state index in [4.69, 9.17) is 4.42 Å². The average molecular weight is 272 g/mol. The molecule has 1 fully saturated rings. The fourth-order valence-corrected chi connectivity index (χ4v) is 2.37. The van der Waals surface area contributed by atoms with E-state index >= 15 is 0 Å². The number of nitrogens with one attached hydrogen (secondary N) is 1. The lowest BCUT2D eigenvalue weighted by atomic mass is 9.77. The Morgan fingerprint density at radius 2 is 2.10 bits per heavy atom. The first kappa shape index (κ1) is 12.9. The van der Waals surface area contributed by atoms with Crippen molar-refractivity contribution < 1.29 is 14.3 Å². The highest BCUT2D eigenvalue weighted by Crippen LogP contribution is 2.32. The summed E-state index contributed by atoms with van der Waals surface area (Å²) in [5.74, 6) is 0.412. The maximum Gasteiger partial charge on any atom is 0.323 e. The SMILES string of the molecule is O=C(O)C1(NCc2ncc(-c3ccccc3)o2)CCC1. The summed E-state index contributed by atoms with van der Waals surface area (Å²) in [6, 6.07) is 9.70. The maximum absolute atomic E-state index is 11.2. The number of hydrogen-bond acceptors (Lipinski definition) is 4. The lowest BCUT2D eigenvalue weighted by Crippen LogP contribution is -2.56. The zero-order valence-corrected chi connectivity index (χ0v) is 11.0.